The van der Waals surface area contributed by atoms with Crippen LogP contribution < -0.4 is 0 Å². The van der Waals surface area contributed by atoms with E-state index in [1.54, 1.807) is 18.7 Å². The summed E-state index contributed by atoms with van der Waals surface area (Å²) in [4.78, 5) is 22.3. The van der Waals surface area contributed by atoms with Gasteiger partial charge in [-0.15, -0.1) is 0 Å². The molecule has 0 radical (unpaired) electrons. The number of hydrogen-bond acceptors (Lipinski definition) is 5. The van der Waals surface area contributed by atoms with E-state index in [1.807, 2.05) is 0 Å². The van der Waals surface area contributed by atoms with Crippen molar-refractivity contribution in [3.8, 4) is 0 Å². The van der Waals surface area contributed by atoms with Gasteiger partial charge < -0.3 is 4.74 Å². The summed E-state index contributed by atoms with van der Waals surface area (Å²) in [5.74, 6) is 0.0891. The fourth-order valence-electron chi connectivity index (χ4n) is 1.52. The second-order valence-corrected chi connectivity index (χ2v) is 7.02. The maximum Gasteiger partial charge on any atom is 0.338 e. The third-order valence-electron chi connectivity index (χ3n) is 2.46. The Kier molecular flexibility index (Phi) is 5.56. The summed E-state index contributed by atoms with van der Waals surface area (Å²) in [7, 11) is 0. The highest BCUT2D eigenvalue weighted by Crippen LogP contribution is 2.30. The number of nitro groups is 1. The second-order valence-electron chi connectivity index (χ2n) is 5.22. The topological polar surface area (TPSA) is 69.4 Å². The Bertz CT molecular complexity index is 508. The number of nitro benzene ring substituents is 1. The third-order valence-corrected chi connectivity index (χ3v) is 3.78. The molecule has 0 spiro atoms. The normalized spacial score (nSPS) is 11.2. The van der Waals surface area contributed by atoms with Crippen LogP contribution in [0.1, 0.15) is 43.6 Å². The van der Waals surface area contributed by atoms with Gasteiger partial charge in [0.15, 0.2) is 0 Å². The summed E-state index contributed by atoms with van der Waals surface area (Å²) >= 11 is 1.63. The Morgan fingerprint density at radius 1 is 1.40 bits per heavy atom. The Morgan fingerprint density at radius 3 is 2.55 bits per heavy atom. The van der Waals surface area contributed by atoms with Crippen LogP contribution in [0.15, 0.2) is 18.2 Å². The highest BCUT2D eigenvalue weighted by Gasteiger charge is 2.19. The van der Waals surface area contributed by atoms with E-state index in [0.717, 1.165) is 0 Å². The fraction of sp³-hybridized carbons (Fsp3) is 0.500. The molecular weight excluding hydrogens is 278 g/mol. The average Bonchev–Trinajstić information content (AvgIpc) is 2.35. The first-order chi connectivity index (χ1) is 9.24. The van der Waals surface area contributed by atoms with E-state index in [4.69, 9.17) is 4.74 Å². The predicted octanol–water partition coefficient (Wildman–Crippen LogP) is 3.80. The van der Waals surface area contributed by atoms with Crippen molar-refractivity contribution in [2.45, 2.75) is 38.2 Å². The molecule has 0 bridgehead atoms. The molecule has 0 amide bonds. The van der Waals surface area contributed by atoms with Gasteiger partial charge in [0.1, 0.15) is 0 Å². The zero-order valence-electron chi connectivity index (χ0n) is 12.1. The van der Waals surface area contributed by atoms with E-state index < -0.39 is 10.9 Å². The number of rotatable bonds is 5. The van der Waals surface area contributed by atoms with Crippen LogP contribution in [0.2, 0.25) is 0 Å². The van der Waals surface area contributed by atoms with Crippen molar-refractivity contribution < 1.29 is 14.5 Å². The highest BCUT2D eigenvalue weighted by atomic mass is 32.2. The van der Waals surface area contributed by atoms with Crippen LogP contribution in [-0.2, 0) is 10.5 Å². The molecule has 0 unspecified atom stereocenters. The maximum atomic E-state index is 11.9. The van der Waals surface area contributed by atoms with E-state index in [9.17, 15) is 14.9 Å². The Labute approximate surface area is 122 Å². The molecule has 110 valence electrons. The number of benzene rings is 1. The first kappa shape index (κ1) is 16.5. The lowest BCUT2D eigenvalue weighted by molar-refractivity contribution is -0.384. The maximum absolute atomic E-state index is 11.9. The van der Waals surface area contributed by atoms with E-state index in [-0.39, 0.29) is 17.0 Å². The van der Waals surface area contributed by atoms with Gasteiger partial charge in [0, 0.05) is 22.6 Å². The van der Waals surface area contributed by atoms with Crippen molar-refractivity contribution in [3.05, 3.63) is 39.4 Å². The number of carbonyl (C=O) groups excluding carboxylic acids is 1. The highest BCUT2D eigenvalue weighted by molar-refractivity contribution is 7.99. The zero-order valence-corrected chi connectivity index (χ0v) is 13.0. The van der Waals surface area contributed by atoms with Crippen molar-refractivity contribution in [3.63, 3.8) is 0 Å². The van der Waals surface area contributed by atoms with Crippen molar-refractivity contribution in [2.75, 3.05) is 6.61 Å². The number of thioether (sulfide) groups is 1. The first-order valence-corrected chi connectivity index (χ1v) is 7.31. The minimum absolute atomic E-state index is 0.0105. The first-order valence-electron chi connectivity index (χ1n) is 6.33. The van der Waals surface area contributed by atoms with Gasteiger partial charge in [-0.3, -0.25) is 10.1 Å². The molecular formula is C14H19NO4S. The van der Waals surface area contributed by atoms with Gasteiger partial charge in [0.2, 0.25) is 0 Å². The standard InChI is InChI=1S/C14H19NO4S/c1-5-19-13(16)12-7-6-11(15(17)18)8-10(12)9-20-14(2,3)4/h6-8H,5,9H2,1-4H3. The summed E-state index contributed by atoms with van der Waals surface area (Å²) in [5, 5.41) is 10.8. The van der Waals surface area contributed by atoms with Gasteiger partial charge in [0.05, 0.1) is 17.1 Å². The van der Waals surface area contributed by atoms with E-state index >= 15 is 0 Å². The second kappa shape index (κ2) is 6.74. The largest absolute Gasteiger partial charge is 0.462 e. The molecule has 0 saturated heterocycles. The Morgan fingerprint density at radius 2 is 2.05 bits per heavy atom. The number of carbonyl (C=O) groups is 1. The molecule has 1 aromatic carbocycles. The molecule has 0 aliphatic heterocycles. The SMILES string of the molecule is CCOC(=O)c1ccc([N+](=O)[O-])cc1CSC(C)(C)C. The molecule has 0 aromatic heterocycles. The number of nitrogens with zero attached hydrogens (tertiary/aromatic N) is 1. The van der Waals surface area contributed by atoms with Gasteiger partial charge in [-0.2, -0.15) is 11.8 Å². The molecule has 20 heavy (non-hydrogen) atoms. The van der Waals surface area contributed by atoms with Crippen molar-refractivity contribution in [1.82, 2.24) is 0 Å². The molecule has 5 nitrogen and oxygen atoms in total. The van der Waals surface area contributed by atoms with E-state index in [1.165, 1.54) is 18.2 Å². The molecule has 6 heteroatoms. The van der Waals surface area contributed by atoms with Gasteiger partial charge >= 0.3 is 5.97 Å². The number of hydrogen-bond donors (Lipinski definition) is 0. The minimum Gasteiger partial charge on any atom is -0.462 e. The van der Waals surface area contributed by atoms with Crippen molar-refractivity contribution >= 4 is 23.4 Å². The molecule has 0 saturated carbocycles. The molecule has 0 aliphatic rings. The number of esters is 1. The van der Waals surface area contributed by atoms with Crippen LogP contribution in [0.25, 0.3) is 0 Å². The van der Waals surface area contributed by atoms with E-state index in [2.05, 4.69) is 20.8 Å². The van der Waals surface area contributed by atoms with Crippen LogP contribution >= 0.6 is 11.8 Å². The molecule has 1 aromatic rings. The van der Waals surface area contributed by atoms with Crippen molar-refractivity contribution in [1.29, 1.82) is 0 Å². The quantitative estimate of drug-likeness (QED) is 0.469. The lowest BCUT2D eigenvalue weighted by Crippen LogP contribution is -2.11. The Hall–Kier alpha value is -1.56. The van der Waals surface area contributed by atoms with Gasteiger partial charge in [0.25, 0.3) is 5.69 Å². The van der Waals surface area contributed by atoms with Gasteiger partial charge in [-0.05, 0) is 18.6 Å². The fourth-order valence-corrected chi connectivity index (χ4v) is 2.34. The summed E-state index contributed by atoms with van der Waals surface area (Å²) in [6.07, 6.45) is 0. The van der Waals surface area contributed by atoms with Gasteiger partial charge in [-0.1, -0.05) is 20.8 Å². The van der Waals surface area contributed by atoms with Gasteiger partial charge in [-0.25, -0.2) is 4.79 Å². The van der Waals surface area contributed by atoms with Crippen LogP contribution in [0, 0.1) is 10.1 Å². The molecule has 0 heterocycles. The summed E-state index contributed by atoms with van der Waals surface area (Å²) in [5.41, 5.74) is 1.02. The smallest absolute Gasteiger partial charge is 0.338 e. The lowest BCUT2D eigenvalue weighted by Gasteiger charge is -2.18. The van der Waals surface area contributed by atoms with Crippen LogP contribution in [0.3, 0.4) is 0 Å². The van der Waals surface area contributed by atoms with E-state index in [0.29, 0.717) is 16.9 Å². The summed E-state index contributed by atoms with van der Waals surface area (Å²) in [6, 6.07) is 4.25. The molecule has 0 N–H and O–H groups in total. The molecule has 1 rings (SSSR count). The average molecular weight is 297 g/mol. The lowest BCUT2D eigenvalue weighted by atomic mass is 10.1. The molecule has 0 aliphatic carbocycles. The predicted molar refractivity (Wildman–Crippen MR) is 80.1 cm³/mol. The number of ether oxygens (including phenoxy) is 1. The van der Waals surface area contributed by atoms with Crippen molar-refractivity contribution in [2.24, 2.45) is 0 Å². The molecule has 0 fully saturated rings. The Balaban J connectivity index is 3.09. The minimum atomic E-state index is -0.458. The third kappa shape index (κ3) is 4.85. The summed E-state index contributed by atoms with van der Waals surface area (Å²) < 4.78 is 4.99. The number of non-ortho nitro benzene ring substituents is 1. The van der Waals surface area contributed by atoms with Crippen LogP contribution in [0.5, 0.6) is 0 Å². The zero-order chi connectivity index (χ0) is 15.3. The monoisotopic (exact) mass is 297 g/mol. The van der Waals surface area contributed by atoms with Crippen LogP contribution in [-0.4, -0.2) is 22.2 Å². The molecule has 0 atom stereocenters. The van der Waals surface area contributed by atoms with Crippen LogP contribution in [0.4, 0.5) is 5.69 Å². The summed E-state index contributed by atoms with van der Waals surface area (Å²) in [6.45, 7) is 8.17.